The van der Waals surface area contributed by atoms with Gasteiger partial charge in [-0.25, -0.2) is 0 Å². The fourth-order valence-corrected chi connectivity index (χ4v) is 1.36. The number of hydrogen-bond donors (Lipinski definition) is 1. The highest BCUT2D eigenvalue weighted by atomic mass is 79.9. The Morgan fingerprint density at radius 1 is 1.36 bits per heavy atom. The molecule has 0 bridgehead atoms. The topological polar surface area (TPSA) is 33.4 Å². The van der Waals surface area contributed by atoms with Crippen molar-refractivity contribution in [1.29, 1.82) is 0 Å². The van der Waals surface area contributed by atoms with E-state index in [0.29, 0.717) is 0 Å². The Balaban J connectivity index is 2.87. The molecule has 0 aliphatic rings. The molecule has 1 N–H and O–H groups in total. The van der Waals surface area contributed by atoms with Gasteiger partial charge in [0.25, 0.3) is 5.95 Å². The number of fused-ring (bicyclic) bond motifs is 1. The van der Waals surface area contributed by atoms with Gasteiger partial charge in [0, 0.05) is 9.86 Å². The van der Waals surface area contributed by atoms with Crippen molar-refractivity contribution in [2.45, 2.75) is 0 Å². The summed E-state index contributed by atoms with van der Waals surface area (Å²) in [6.07, 6.45) is 1.52. The fraction of sp³-hybridized carbons (Fsp3) is 0. The number of hydrogen-bond acceptors (Lipinski definition) is 2. The first-order valence-corrected chi connectivity index (χ1v) is 3.92. The van der Waals surface area contributed by atoms with Crippen LogP contribution in [0.2, 0.25) is 0 Å². The van der Waals surface area contributed by atoms with Gasteiger partial charge in [0.1, 0.15) is 6.26 Å². The van der Waals surface area contributed by atoms with Gasteiger partial charge in [-0.2, -0.15) is 0 Å². The molecule has 0 radical (unpaired) electrons. The molecule has 2 rings (SSSR count). The first kappa shape index (κ1) is 6.73. The molecule has 0 atom stereocenters. The van der Waals surface area contributed by atoms with Gasteiger partial charge in [0.2, 0.25) is 0 Å². The average molecular weight is 213 g/mol. The van der Waals surface area contributed by atoms with Crippen molar-refractivity contribution >= 4 is 26.7 Å². The van der Waals surface area contributed by atoms with Crippen LogP contribution < -0.4 is 0 Å². The van der Waals surface area contributed by atoms with Gasteiger partial charge in [0.15, 0.2) is 0 Å². The van der Waals surface area contributed by atoms with Crippen LogP contribution in [0.3, 0.4) is 0 Å². The number of aromatic hydroxyl groups is 1. The lowest BCUT2D eigenvalue weighted by atomic mass is 10.2. The highest BCUT2D eigenvalue weighted by Gasteiger charge is 2.02. The minimum absolute atomic E-state index is 0.0266. The summed E-state index contributed by atoms with van der Waals surface area (Å²) in [6.45, 7) is 0. The van der Waals surface area contributed by atoms with Crippen molar-refractivity contribution in [3.05, 3.63) is 28.9 Å². The second-order valence-corrected chi connectivity index (χ2v) is 3.19. The van der Waals surface area contributed by atoms with E-state index in [0.717, 1.165) is 15.2 Å². The van der Waals surface area contributed by atoms with Crippen LogP contribution in [0.25, 0.3) is 10.8 Å². The Morgan fingerprint density at radius 2 is 2.18 bits per heavy atom. The van der Waals surface area contributed by atoms with E-state index in [1.54, 1.807) is 0 Å². The standard InChI is InChI=1S/C8H5BrO2/c9-6-2-1-5-4-11-8(10)7(5)3-6/h1-4,10H. The van der Waals surface area contributed by atoms with Crippen LogP contribution in [0.5, 0.6) is 5.95 Å². The molecule has 2 aromatic rings. The molecule has 0 amide bonds. The molecule has 1 heterocycles. The molecule has 0 aliphatic heterocycles. The van der Waals surface area contributed by atoms with E-state index in [1.807, 2.05) is 18.2 Å². The van der Waals surface area contributed by atoms with Crippen LogP contribution >= 0.6 is 15.9 Å². The lowest BCUT2D eigenvalue weighted by molar-refractivity contribution is 0.338. The highest BCUT2D eigenvalue weighted by Crippen LogP contribution is 2.28. The van der Waals surface area contributed by atoms with Gasteiger partial charge < -0.3 is 9.52 Å². The van der Waals surface area contributed by atoms with Crippen molar-refractivity contribution in [3.63, 3.8) is 0 Å². The van der Waals surface area contributed by atoms with E-state index in [4.69, 9.17) is 9.52 Å². The third kappa shape index (κ3) is 1.01. The molecule has 0 saturated heterocycles. The number of furan rings is 1. The molecule has 2 nitrogen and oxygen atoms in total. The zero-order chi connectivity index (χ0) is 7.84. The summed E-state index contributed by atoms with van der Waals surface area (Å²) in [4.78, 5) is 0. The molecular weight excluding hydrogens is 208 g/mol. The second-order valence-electron chi connectivity index (χ2n) is 2.27. The van der Waals surface area contributed by atoms with E-state index in [9.17, 15) is 0 Å². The zero-order valence-electron chi connectivity index (χ0n) is 5.54. The second kappa shape index (κ2) is 2.27. The zero-order valence-corrected chi connectivity index (χ0v) is 7.13. The lowest BCUT2D eigenvalue weighted by Crippen LogP contribution is -1.64. The summed E-state index contributed by atoms with van der Waals surface area (Å²) in [7, 11) is 0. The minimum Gasteiger partial charge on any atom is -0.480 e. The maximum absolute atomic E-state index is 9.15. The van der Waals surface area contributed by atoms with Crippen LogP contribution in [0.15, 0.2) is 33.4 Å². The lowest BCUT2D eigenvalue weighted by Gasteiger charge is -1.88. The van der Waals surface area contributed by atoms with E-state index in [2.05, 4.69) is 15.9 Å². The van der Waals surface area contributed by atoms with Crippen molar-refractivity contribution in [2.24, 2.45) is 0 Å². The molecule has 11 heavy (non-hydrogen) atoms. The molecule has 0 aliphatic carbocycles. The van der Waals surface area contributed by atoms with Crippen molar-refractivity contribution in [1.82, 2.24) is 0 Å². The molecule has 56 valence electrons. The summed E-state index contributed by atoms with van der Waals surface area (Å²) >= 11 is 3.30. The molecule has 1 aromatic heterocycles. The van der Waals surface area contributed by atoms with E-state index < -0.39 is 0 Å². The quantitative estimate of drug-likeness (QED) is 0.729. The van der Waals surface area contributed by atoms with E-state index in [-0.39, 0.29) is 5.95 Å². The Labute approximate surface area is 71.6 Å². The van der Waals surface area contributed by atoms with Crippen molar-refractivity contribution in [2.75, 3.05) is 0 Å². The molecule has 3 heteroatoms. The maximum Gasteiger partial charge on any atom is 0.289 e. The summed E-state index contributed by atoms with van der Waals surface area (Å²) in [5.74, 6) is -0.0266. The van der Waals surface area contributed by atoms with Crippen LogP contribution in [-0.2, 0) is 0 Å². The summed E-state index contributed by atoms with van der Waals surface area (Å²) in [6, 6.07) is 5.59. The van der Waals surface area contributed by atoms with Gasteiger partial charge in [-0.3, -0.25) is 0 Å². The first-order valence-electron chi connectivity index (χ1n) is 3.13. The van der Waals surface area contributed by atoms with Gasteiger partial charge in [0.05, 0.1) is 5.39 Å². The largest absolute Gasteiger partial charge is 0.480 e. The Morgan fingerprint density at radius 3 is 3.00 bits per heavy atom. The molecule has 0 fully saturated rings. The molecular formula is C8H5BrO2. The van der Waals surface area contributed by atoms with Gasteiger partial charge in [-0.1, -0.05) is 15.9 Å². The number of benzene rings is 1. The fourth-order valence-electron chi connectivity index (χ4n) is 0.999. The molecule has 0 spiro atoms. The van der Waals surface area contributed by atoms with Crippen LogP contribution in [-0.4, -0.2) is 5.11 Å². The van der Waals surface area contributed by atoms with Gasteiger partial charge >= 0.3 is 0 Å². The minimum atomic E-state index is -0.0266. The van der Waals surface area contributed by atoms with Crippen molar-refractivity contribution < 1.29 is 9.52 Å². The SMILES string of the molecule is Oc1occ2ccc(Br)cc12. The molecule has 0 saturated carbocycles. The number of halogens is 1. The van der Waals surface area contributed by atoms with Gasteiger partial charge in [-0.05, 0) is 18.2 Å². The summed E-state index contributed by atoms with van der Waals surface area (Å²) < 4.78 is 5.74. The van der Waals surface area contributed by atoms with Crippen molar-refractivity contribution in [3.8, 4) is 5.95 Å². The highest BCUT2D eigenvalue weighted by molar-refractivity contribution is 9.10. The Bertz CT molecular complexity index is 392. The Kier molecular flexibility index (Phi) is 1.39. The number of rotatable bonds is 0. The summed E-state index contributed by atoms with van der Waals surface area (Å²) in [5, 5.41) is 10.8. The monoisotopic (exact) mass is 212 g/mol. The Hall–Kier alpha value is -0.960. The van der Waals surface area contributed by atoms with E-state index >= 15 is 0 Å². The third-order valence-electron chi connectivity index (χ3n) is 1.54. The first-order chi connectivity index (χ1) is 5.27. The molecule has 0 unspecified atom stereocenters. The summed E-state index contributed by atoms with van der Waals surface area (Å²) in [5.41, 5.74) is 0. The normalized spacial score (nSPS) is 10.6. The molecule has 1 aromatic carbocycles. The van der Waals surface area contributed by atoms with Crippen LogP contribution in [0, 0.1) is 0 Å². The average Bonchev–Trinajstić information content (AvgIpc) is 2.33. The predicted octanol–water partition coefficient (Wildman–Crippen LogP) is 2.90. The van der Waals surface area contributed by atoms with Crippen LogP contribution in [0.4, 0.5) is 0 Å². The third-order valence-corrected chi connectivity index (χ3v) is 2.04. The van der Waals surface area contributed by atoms with E-state index in [1.165, 1.54) is 6.26 Å². The van der Waals surface area contributed by atoms with Gasteiger partial charge in [-0.15, -0.1) is 0 Å². The predicted molar refractivity (Wildman–Crippen MR) is 45.6 cm³/mol. The van der Waals surface area contributed by atoms with Crippen LogP contribution in [0.1, 0.15) is 0 Å². The maximum atomic E-state index is 9.15. The smallest absolute Gasteiger partial charge is 0.289 e.